The minimum atomic E-state index is -1.68. The lowest BCUT2D eigenvalue weighted by atomic mass is 9.77. The lowest BCUT2D eigenvalue weighted by molar-refractivity contribution is -0.385. The normalized spacial score (nSPS) is 12.0. The average molecular weight is 394 g/mol. The van der Waals surface area contributed by atoms with Crippen molar-refractivity contribution < 1.29 is 28.8 Å². The fraction of sp³-hybridized carbons (Fsp3) is 0.526. The number of nitrogens with zero attached hydrogens (tertiary/aromatic N) is 1. The summed E-state index contributed by atoms with van der Waals surface area (Å²) in [6.45, 7) is 6.06. The SMILES string of the molecule is CCOC(=O)C(C)(CC(CNC(C)=O)c1ccccc1[N+](=O)[O-])C(=O)OCC. The van der Waals surface area contributed by atoms with Gasteiger partial charge in [0.2, 0.25) is 5.91 Å². The van der Waals surface area contributed by atoms with Gasteiger partial charge in [-0.1, -0.05) is 18.2 Å². The van der Waals surface area contributed by atoms with Crippen molar-refractivity contribution in [1.82, 2.24) is 5.32 Å². The summed E-state index contributed by atoms with van der Waals surface area (Å²) < 4.78 is 10.1. The minimum absolute atomic E-state index is 0.00852. The minimum Gasteiger partial charge on any atom is -0.465 e. The zero-order valence-corrected chi connectivity index (χ0v) is 16.5. The van der Waals surface area contributed by atoms with E-state index in [1.54, 1.807) is 26.0 Å². The summed E-state index contributed by atoms with van der Waals surface area (Å²) in [6, 6.07) is 6.02. The average Bonchev–Trinajstić information content (AvgIpc) is 2.65. The number of nitro groups is 1. The third-order valence-electron chi connectivity index (χ3n) is 4.28. The molecule has 0 heterocycles. The van der Waals surface area contributed by atoms with Crippen LogP contribution in [0.25, 0.3) is 0 Å². The smallest absolute Gasteiger partial charge is 0.323 e. The predicted octanol–water partition coefficient (Wildman–Crippen LogP) is 2.34. The summed E-state index contributed by atoms with van der Waals surface area (Å²) in [5.41, 5.74) is -1.53. The van der Waals surface area contributed by atoms with Crippen LogP contribution in [0.15, 0.2) is 24.3 Å². The van der Waals surface area contributed by atoms with Crippen molar-refractivity contribution >= 4 is 23.5 Å². The fourth-order valence-electron chi connectivity index (χ4n) is 2.88. The van der Waals surface area contributed by atoms with Gasteiger partial charge in [-0.2, -0.15) is 0 Å². The van der Waals surface area contributed by atoms with Gasteiger partial charge in [-0.3, -0.25) is 24.5 Å². The van der Waals surface area contributed by atoms with E-state index in [-0.39, 0.29) is 37.8 Å². The van der Waals surface area contributed by atoms with Crippen molar-refractivity contribution in [2.75, 3.05) is 19.8 Å². The highest BCUT2D eigenvalue weighted by Gasteiger charge is 2.46. The first-order valence-electron chi connectivity index (χ1n) is 8.99. The van der Waals surface area contributed by atoms with Crippen LogP contribution in [0.3, 0.4) is 0 Å². The summed E-state index contributed by atoms with van der Waals surface area (Å²) in [4.78, 5) is 47.4. The van der Waals surface area contributed by atoms with Gasteiger partial charge in [-0.25, -0.2) is 0 Å². The number of nitrogens with one attached hydrogen (secondary N) is 1. The third-order valence-corrected chi connectivity index (χ3v) is 4.28. The number of carbonyl (C=O) groups excluding carboxylic acids is 3. The molecule has 0 bridgehead atoms. The van der Waals surface area contributed by atoms with E-state index in [1.165, 1.54) is 26.0 Å². The number of nitro benzene ring substituents is 1. The number of para-hydroxylation sites is 1. The van der Waals surface area contributed by atoms with Crippen LogP contribution in [-0.2, 0) is 23.9 Å². The molecular formula is C19H26N2O7. The van der Waals surface area contributed by atoms with Gasteiger partial charge < -0.3 is 14.8 Å². The Morgan fingerprint density at radius 1 is 1.14 bits per heavy atom. The Balaban J connectivity index is 3.39. The molecule has 0 fully saturated rings. The molecule has 28 heavy (non-hydrogen) atoms. The summed E-state index contributed by atoms with van der Waals surface area (Å²) in [6.07, 6.45) is -0.129. The van der Waals surface area contributed by atoms with E-state index in [0.29, 0.717) is 5.56 Å². The Kier molecular flexibility index (Phi) is 8.56. The maximum absolute atomic E-state index is 12.6. The lowest BCUT2D eigenvalue weighted by Gasteiger charge is -2.29. The maximum atomic E-state index is 12.6. The Morgan fingerprint density at radius 3 is 2.14 bits per heavy atom. The monoisotopic (exact) mass is 394 g/mol. The van der Waals surface area contributed by atoms with Gasteiger partial charge >= 0.3 is 11.9 Å². The van der Waals surface area contributed by atoms with Gasteiger partial charge in [0, 0.05) is 31.0 Å². The largest absolute Gasteiger partial charge is 0.465 e. The molecule has 0 saturated heterocycles. The lowest BCUT2D eigenvalue weighted by Crippen LogP contribution is -2.42. The topological polar surface area (TPSA) is 125 Å². The Hall–Kier alpha value is -2.97. The number of benzene rings is 1. The van der Waals surface area contributed by atoms with Crippen molar-refractivity contribution in [3.63, 3.8) is 0 Å². The van der Waals surface area contributed by atoms with Crippen molar-refractivity contribution in [2.24, 2.45) is 5.41 Å². The molecule has 0 aromatic heterocycles. The first-order chi connectivity index (χ1) is 13.2. The summed E-state index contributed by atoms with van der Waals surface area (Å²) >= 11 is 0. The van der Waals surface area contributed by atoms with E-state index in [2.05, 4.69) is 5.32 Å². The van der Waals surface area contributed by atoms with Gasteiger partial charge in [-0.05, 0) is 27.2 Å². The zero-order valence-electron chi connectivity index (χ0n) is 16.5. The van der Waals surface area contributed by atoms with E-state index < -0.39 is 28.2 Å². The van der Waals surface area contributed by atoms with Crippen LogP contribution < -0.4 is 5.32 Å². The number of amides is 1. The van der Waals surface area contributed by atoms with Crippen LogP contribution in [0.5, 0.6) is 0 Å². The molecule has 9 heteroatoms. The molecule has 0 spiro atoms. The van der Waals surface area contributed by atoms with Crippen LogP contribution in [0.4, 0.5) is 5.69 Å². The Labute approximate surface area is 163 Å². The van der Waals surface area contributed by atoms with Gasteiger partial charge in [0.15, 0.2) is 5.41 Å². The molecule has 0 aliphatic rings. The first-order valence-corrected chi connectivity index (χ1v) is 8.99. The van der Waals surface area contributed by atoms with Gasteiger partial charge in [-0.15, -0.1) is 0 Å². The predicted molar refractivity (Wildman–Crippen MR) is 101 cm³/mol. The molecule has 1 atom stereocenters. The molecule has 0 saturated carbocycles. The van der Waals surface area contributed by atoms with E-state index in [4.69, 9.17) is 9.47 Å². The number of hydrogen-bond donors (Lipinski definition) is 1. The van der Waals surface area contributed by atoms with Crippen LogP contribution in [0, 0.1) is 15.5 Å². The second-order valence-electron chi connectivity index (χ2n) is 6.43. The molecule has 1 aromatic carbocycles. The highest BCUT2D eigenvalue weighted by Crippen LogP contribution is 2.37. The second kappa shape index (κ2) is 10.4. The highest BCUT2D eigenvalue weighted by atomic mass is 16.6. The van der Waals surface area contributed by atoms with E-state index in [9.17, 15) is 24.5 Å². The van der Waals surface area contributed by atoms with Gasteiger partial charge in [0.05, 0.1) is 18.1 Å². The molecule has 1 amide bonds. The van der Waals surface area contributed by atoms with E-state index in [1.807, 2.05) is 0 Å². The van der Waals surface area contributed by atoms with Crippen molar-refractivity contribution in [1.29, 1.82) is 0 Å². The van der Waals surface area contributed by atoms with Crippen molar-refractivity contribution in [3.05, 3.63) is 39.9 Å². The van der Waals surface area contributed by atoms with Crippen LogP contribution >= 0.6 is 0 Å². The number of ether oxygens (including phenoxy) is 2. The highest BCUT2D eigenvalue weighted by molar-refractivity contribution is 5.99. The van der Waals surface area contributed by atoms with E-state index >= 15 is 0 Å². The number of rotatable bonds is 10. The summed E-state index contributed by atoms with van der Waals surface area (Å²) in [7, 11) is 0. The van der Waals surface area contributed by atoms with Crippen LogP contribution in [0.1, 0.15) is 45.6 Å². The van der Waals surface area contributed by atoms with Gasteiger partial charge in [0.25, 0.3) is 5.69 Å². The van der Waals surface area contributed by atoms with Gasteiger partial charge in [0.1, 0.15) is 0 Å². The molecule has 0 aliphatic carbocycles. The number of carbonyl (C=O) groups is 3. The molecule has 1 N–H and O–H groups in total. The third kappa shape index (κ3) is 5.77. The standard InChI is InChI=1S/C19H26N2O7/c1-5-27-17(23)19(4,18(24)28-6-2)11-14(12-20-13(3)22)15-9-7-8-10-16(15)21(25)26/h7-10,14H,5-6,11-12H2,1-4H3,(H,20,22). The number of esters is 2. The first kappa shape index (κ1) is 23.1. The van der Waals surface area contributed by atoms with Crippen LogP contribution in [0.2, 0.25) is 0 Å². The molecule has 0 radical (unpaired) electrons. The van der Waals surface area contributed by atoms with Crippen molar-refractivity contribution in [2.45, 2.75) is 40.0 Å². The molecule has 1 aromatic rings. The molecule has 154 valence electrons. The molecule has 1 rings (SSSR count). The second-order valence-corrected chi connectivity index (χ2v) is 6.43. The maximum Gasteiger partial charge on any atom is 0.323 e. The molecule has 9 nitrogen and oxygen atoms in total. The Bertz CT molecular complexity index is 715. The summed E-state index contributed by atoms with van der Waals surface area (Å²) in [5, 5.41) is 14.0. The molecule has 0 aliphatic heterocycles. The fourth-order valence-corrected chi connectivity index (χ4v) is 2.88. The Morgan fingerprint density at radius 2 is 1.68 bits per heavy atom. The quantitative estimate of drug-likeness (QED) is 0.279. The van der Waals surface area contributed by atoms with Crippen molar-refractivity contribution in [3.8, 4) is 0 Å². The molecular weight excluding hydrogens is 368 g/mol. The molecule has 1 unspecified atom stereocenters. The van der Waals surface area contributed by atoms with Crippen LogP contribution in [-0.4, -0.2) is 42.5 Å². The summed E-state index contributed by atoms with van der Waals surface area (Å²) in [5.74, 6) is -2.58. The number of hydrogen-bond acceptors (Lipinski definition) is 7. The zero-order chi connectivity index (χ0) is 21.3. The van der Waals surface area contributed by atoms with E-state index in [0.717, 1.165) is 0 Å².